The molecule has 0 aliphatic heterocycles. The molecule has 76 valence electrons. The van der Waals surface area contributed by atoms with Crippen molar-refractivity contribution in [2.24, 2.45) is 0 Å². The van der Waals surface area contributed by atoms with Gasteiger partial charge >= 0.3 is 0 Å². The van der Waals surface area contributed by atoms with E-state index in [1.807, 2.05) is 0 Å². The van der Waals surface area contributed by atoms with Gasteiger partial charge in [0.1, 0.15) is 0 Å². The first-order chi connectivity index (χ1) is 6.43. The van der Waals surface area contributed by atoms with Crippen LogP contribution in [0.2, 0.25) is 5.02 Å². The van der Waals surface area contributed by atoms with Gasteiger partial charge in [0.25, 0.3) is 12.1 Å². The van der Waals surface area contributed by atoms with Crippen molar-refractivity contribution in [3.63, 3.8) is 0 Å². The number of hydrogen-bond acceptors (Lipinski definition) is 2. The van der Waals surface area contributed by atoms with Crippen LogP contribution < -0.4 is 0 Å². The van der Waals surface area contributed by atoms with Crippen LogP contribution >= 0.6 is 34.2 Å². The Labute approximate surface area is 96.3 Å². The van der Waals surface area contributed by atoms with Gasteiger partial charge in [-0.1, -0.05) is 11.6 Å². The van der Waals surface area contributed by atoms with Crippen LogP contribution in [0.15, 0.2) is 12.1 Å². The van der Waals surface area contributed by atoms with E-state index < -0.39 is 22.6 Å². The molecular formula is C7H3ClF2INO2. The van der Waals surface area contributed by atoms with Gasteiger partial charge in [0.15, 0.2) is 0 Å². The summed E-state index contributed by atoms with van der Waals surface area (Å²) in [6.45, 7) is 0. The first-order valence-electron chi connectivity index (χ1n) is 3.35. The van der Waals surface area contributed by atoms with Crippen LogP contribution in [0.3, 0.4) is 0 Å². The molecule has 0 saturated carbocycles. The summed E-state index contributed by atoms with van der Waals surface area (Å²) in [5.74, 6) is 0. The van der Waals surface area contributed by atoms with Crippen LogP contribution in [0.25, 0.3) is 0 Å². The number of benzene rings is 1. The summed E-state index contributed by atoms with van der Waals surface area (Å²) < 4.78 is 25.0. The summed E-state index contributed by atoms with van der Waals surface area (Å²) in [4.78, 5) is 9.57. The molecule has 0 saturated heterocycles. The second kappa shape index (κ2) is 4.35. The lowest BCUT2D eigenvalue weighted by Gasteiger charge is -2.03. The van der Waals surface area contributed by atoms with Gasteiger partial charge in [-0.15, -0.1) is 0 Å². The molecule has 0 unspecified atom stereocenters. The highest BCUT2D eigenvalue weighted by Crippen LogP contribution is 2.34. The van der Waals surface area contributed by atoms with Crippen molar-refractivity contribution in [2.45, 2.75) is 6.43 Å². The minimum Gasteiger partial charge on any atom is -0.258 e. The molecule has 0 aliphatic rings. The van der Waals surface area contributed by atoms with Gasteiger partial charge < -0.3 is 0 Å². The van der Waals surface area contributed by atoms with Gasteiger partial charge in [-0.3, -0.25) is 10.1 Å². The van der Waals surface area contributed by atoms with Crippen molar-refractivity contribution in [1.29, 1.82) is 0 Å². The lowest BCUT2D eigenvalue weighted by molar-refractivity contribution is -0.386. The summed E-state index contributed by atoms with van der Waals surface area (Å²) in [6.07, 6.45) is -2.90. The SMILES string of the molecule is O=[N+]([O-])c1cc(I)c(Cl)cc1C(F)F. The second-order valence-electron chi connectivity index (χ2n) is 2.38. The zero-order valence-corrected chi connectivity index (χ0v) is 9.42. The van der Waals surface area contributed by atoms with Crippen LogP contribution in [0.4, 0.5) is 14.5 Å². The second-order valence-corrected chi connectivity index (χ2v) is 3.95. The zero-order valence-electron chi connectivity index (χ0n) is 6.51. The van der Waals surface area contributed by atoms with E-state index in [1.165, 1.54) is 0 Å². The van der Waals surface area contributed by atoms with Gasteiger partial charge in [-0.05, 0) is 28.7 Å². The van der Waals surface area contributed by atoms with E-state index in [4.69, 9.17) is 11.6 Å². The van der Waals surface area contributed by atoms with Gasteiger partial charge in [0.05, 0.1) is 15.5 Å². The topological polar surface area (TPSA) is 43.1 Å². The molecule has 0 atom stereocenters. The Morgan fingerprint density at radius 1 is 1.50 bits per heavy atom. The average molecular weight is 333 g/mol. The Balaban J connectivity index is 3.39. The lowest BCUT2D eigenvalue weighted by Crippen LogP contribution is -1.97. The van der Waals surface area contributed by atoms with Crippen molar-refractivity contribution in [3.05, 3.63) is 36.4 Å². The lowest BCUT2D eigenvalue weighted by atomic mass is 10.2. The number of halogens is 4. The molecule has 0 amide bonds. The highest BCUT2D eigenvalue weighted by Gasteiger charge is 2.23. The van der Waals surface area contributed by atoms with E-state index in [-0.39, 0.29) is 5.02 Å². The van der Waals surface area contributed by atoms with Crippen LogP contribution in [-0.2, 0) is 0 Å². The fourth-order valence-electron chi connectivity index (χ4n) is 0.885. The van der Waals surface area contributed by atoms with Crippen molar-refractivity contribution in [2.75, 3.05) is 0 Å². The summed E-state index contributed by atoms with van der Waals surface area (Å²) in [6, 6.07) is 1.95. The minimum atomic E-state index is -2.90. The number of nitro benzene ring substituents is 1. The Morgan fingerprint density at radius 2 is 2.07 bits per heavy atom. The molecule has 0 aromatic heterocycles. The van der Waals surface area contributed by atoms with Crippen LogP contribution in [0, 0.1) is 13.7 Å². The molecule has 1 aromatic carbocycles. The third-order valence-corrected chi connectivity index (χ3v) is 3.03. The number of nitrogens with zero attached hydrogens (tertiary/aromatic N) is 1. The molecule has 0 N–H and O–H groups in total. The Morgan fingerprint density at radius 3 is 2.50 bits per heavy atom. The number of alkyl halides is 2. The van der Waals surface area contributed by atoms with E-state index in [0.717, 1.165) is 12.1 Å². The molecule has 0 radical (unpaired) electrons. The van der Waals surface area contributed by atoms with Gasteiger partial charge in [0, 0.05) is 9.64 Å². The highest BCUT2D eigenvalue weighted by molar-refractivity contribution is 14.1. The molecule has 1 rings (SSSR count). The van der Waals surface area contributed by atoms with E-state index in [0.29, 0.717) is 3.57 Å². The molecule has 0 heterocycles. The molecule has 0 spiro atoms. The monoisotopic (exact) mass is 333 g/mol. The van der Waals surface area contributed by atoms with Crippen molar-refractivity contribution in [3.8, 4) is 0 Å². The Kier molecular flexibility index (Phi) is 3.59. The molecule has 1 aromatic rings. The molecule has 0 fully saturated rings. The highest BCUT2D eigenvalue weighted by atomic mass is 127. The van der Waals surface area contributed by atoms with E-state index >= 15 is 0 Å². The minimum absolute atomic E-state index is 0.0894. The molecule has 0 bridgehead atoms. The van der Waals surface area contributed by atoms with Gasteiger partial charge in [-0.25, -0.2) is 8.78 Å². The first-order valence-corrected chi connectivity index (χ1v) is 4.80. The van der Waals surface area contributed by atoms with Crippen LogP contribution in [-0.4, -0.2) is 4.92 Å². The smallest absolute Gasteiger partial charge is 0.258 e. The predicted octanol–water partition coefficient (Wildman–Crippen LogP) is 3.79. The van der Waals surface area contributed by atoms with Crippen molar-refractivity contribution >= 4 is 39.9 Å². The number of rotatable bonds is 2. The normalized spacial score (nSPS) is 10.6. The fourth-order valence-corrected chi connectivity index (χ4v) is 1.51. The molecule has 14 heavy (non-hydrogen) atoms. The van der Waals surface area contributed by atoms with Gasteiger partial charge in [0.2, 0.25) is 0 Å². The summed E-state index contributed by atoms with van der Waals surface area (Å²) in [7, 11) is 0. The van der Waals surface area contributed by atoms with Crippen molar-refractivity contribution in [1.82, 2.24) is 0 Å². The number of hydrogen-bond donors (Lipinski definition) is 0. The van der Waals surface area contributed by atoms with E-state index in [2.05, 4.69) is 0 Å². The third-order valence-electron chi connectivity index (χ3n) is 1.50. The zero-order chi connectivity index (χ0) is 10.9. The molecule has 0 aliphatic carbocycles. The maximum atomic E-state index is 12.3. The van der Waals surface area contributed by atoms with Gasteiger partial charge in [-0.2, -0.15) is 0 Å². The van der Waals surface area contributed by atoms with E-state index in [9.17, 15) is 18.9 Å². The maximum Gasteiger partial charge on any atom is 0.279 e. The number of nitro groups is 1. The predicted molar refractivity (Wildman–Crippen MR) is 55.8 cm³/mol. The fraction of sp³-hybridized carbons (Fsp3) is 0.143. The molecule has 3 nitrogen and oxygen atoms in total. The Bertz CT molecular complexity index is 386. The van der Waals surface area contributed by atoms with Crippen LogP contribution in [0.1, 0.15) is 12.0 Å². The first kappa shape index (κ1) is 11.6. The largest absolute Gasteiger partial charge is 0.279 e. The summed E-state index contributed by atoms with van der Waals surface area (Å²) in [5, 5.41) is 10.5. The molecule has 7 heteroatoms. The Hall–Kier alpha value is -0.500. The van der Waals surface area contributed by atoms with Crippen molar-refractivity contribution < 1.29 is 13.7 Å². The average Bonchev–Trinajstić information content (AvgIpc) is 2.08. The summed E-state index contributed by atoms with van der Waals surface area (Å²) >= 11 is 7.31. The standard InChI is InChI=1S/C7H3ClF2INO2/c8-4-1-3(7(9)10)6(12(13)14)2-5(4)11/h1-2,7H. The maximum absolute atomic E-state index is 12.3. The molecular weight excluding hydrogens is 330 g/mol. The van der Waals surface area contributed by atoms with Crippen LogP contribution in [0.5, 0.6) is 0 Å². The summed E-state index contributed by atoms with van der Waals surface area (Å²) in [5.41, 5.74) is -1.26. The van der Waals surface area contributed by atoms with E-state index in [1.54, 1.807) is 22.6 Å². The third kappa shape index (κ3) is 2.30. The quantitative estimate of drug-likeness (QED) is 0.469.